The molecule has 17 atom stereocenters. The minimum atomic E-state index is -2.48. The van der Waals surface area contributed by atoms with Gasteiger partial charge in [-0.25, -0.2) is 14.2 Å². The number of carbonyl (C=O) groups is 6. The number of benzene rings is 2. The molecule has 1 aromatic heterocycles. The van der Waals surface area contributed by atoms with Crippen LogP contribution in [0.4, 0.5) is 10.2 Å². The number of ether oxygens (including phenoxy) is 15. The Hall–Kier alpha value is -7.34. The molecule has 2 bridgehead atoms. The number of hydrogen-bond acceptors (Lipinski definition) is 29. The van der Waals surface area contributed by atoms with E-state index >= 15 is 4.39 Å². The molecule has 8 rings (SSSR count). The van der Waals surface area contributed by atoms with Crippen LogP contribution in [0.15, 0.2) is 101 Å². The maximum atomic E-state index is 15.7. The summed E-state index contributed by atoms with van der Waals surface area (Å²) in [6, 6.07) is 10.2. The summed E-state index contributed by atoms with van der Waals surface area (Å²) in [7, 11) is 4.68. The number of nitrogens with two attached hydrogens (primary N) is 2. The van der Waals surface area contributed by atoms with Gasteiger partial charge in [0.05, 0.1) is 143 Å². The highest BCUT2D eigenvalue weighted by Gasteiger charge is 2.53. The Morgan fingerprint density at radius 1 is 0.705 bits per heavy atom. The molecule has 1 aliphatic carbocycles. The number of Topliss-reactive ketones (excluding diaryl/α,β-unsaturated/α-hetero) is 2. The van der Waals surface area contributed by atoms with E-state index in [9.17, 15) is 48.6 Å². The molecule has 129 heavy (non-hydrogen) atoms. The Balaban J connectivity index is 0.644. The lowest BCUT2D eigenvalue weighted by molar-refractivity contribution is -0.265. The van der Waals surface area contributed by atoms with Crippen LogP contribution in [0.2, 0.25) is 0 Å². The first-order valence-electron chi connectivity index (χ1n) is 45.2. The van der Waals surface area contributed by atoms with Crippen molar-refractivity contribution in [3.63, 3.8) is 0 Å². The number of hydrogen-bond donors (Lipinski definition) is 7. The molecule has 3 aromatic rings. The summed E-state index contributed by atoms with van der Waals surface area (Å²) >= 11 is 3.82. The number of carbonyl (C=O) groups excluding carboxylic acids is 6. The number of ketones is 2. The van der Waals surface area contributed by atoms with Crippen LogP contribution in [0.3, 0.4) is 0 Å². The maximum absolute atomic E-state index is 15.7. The molecule has 2 aromatic carbocycles. The topological polar surface area (TPSA) is 420 Å². The van der Waals surface area contributed by atoms with Crippen molar-refractivity contribution in [2.45, 2.75) is 210 Å². The summed E-state index contributed by atoms with van der Waals surface area (Å²) in [5, 5.41) is 40.9. The number of aliphatic hydroxyl groups excluding tert-OH is 2. The van der Waals surface area contributed by atoms with Gasteiger partial charge in [0.1, 0.15) is 54.4 Å². The van der Waals surface area contributed by atoms with Gasteiger partial charge in [0.25, 0.3) is 22.8 Å². The second-order valence-electron chi connectivity index (χ2n) is 33.7. The Morgan fingerprint density at radius 3 is 1.98 bits per heavy atom. The van der Waals surface area contributed by atoms with Gasteiger partial charge in [0, 0.05) is 112 Å². The summed E-state index contributed by atoms with van der Waals surface area (Å²) in [6.07, 6.45) is 11.1. The largest absolute Gasteiger partial charge is 0.611 e. The molecule has 5 heterocycles. The zero-order chi connectivity index (χ0) is 93.4. The van der Waals surface area contributed by atoms with Crippen LogP contribution in [-0.2, 0) is 108 Å². The molecule has 5 aliphatic rings. The highest BCUT2D eigenvalue weighted by molar-refractivity contribution is 7.91. The Kier molecular flexibility index (Phi) is 47.0. The number of nitrogens with one attached hydrogen (secondary N) is 2. The lowest BCUT2D eigenvalue weighted by Gasteiger charge is -2.43. The van der Waals surface area contributed by atoms with Gasteiger partial charge in [-0.3, -0.25) is 24.0 Å². The smallest absolute Gasteiger partial charge is 0.329 e. The number of thiocarbonyl (C=S) groups is 1. The van der Waals surface area contributed by atoms with Gasteiger partial charge in [0.15, 0.2) is 16.5 Å². The van der Waals surface area contributed by atoms with Crippen LogP contribution in [0.25, 0.3) is 11.1 Å². The number of nitrogen functional groups attached to an aromatic ring is 1. The molecule has 35 heteroatoms. The second-order valence-corrected chi connectivity index (χ2v) is 35.7. The van der Waals surface area contributed by atoms with E-state index in [4.69, 9.17) is 94.7 Å². The van der Waals surface area contributed by atoms with Crippen molar-refractivity contribution in [3.05, 3.63) is 119 Å². The van der Waals surface area contributed by atoms with E-state index < -0.39 is 113 Å². The van der Waals surface area contributed by atoms with Gasteiger partial charge in [-0.05, 0) is 173 Å². The molecular weight excluding hydrogens is 1710 g/mol. The number of nitrogens with zero attached hydrogens (tertiary/aromatic N) is 3. The van der Waals surface area contributed by atoms with Crippen LogP contribution in [0, 0.1) is 42.3 Å². The molecule has 0 radical (unpaired) electrons. The number of pyridine rings is 1. The average Bonchev–Trinajstić information content (AvgIpc) is 1.44. The molecule has 3 fully saturated rings. The molecule has 4 aliphatic heterocycles. The van der Waals surface area contributed by atoms with Crippen molar-refractivity contribution in [3.8, 4) is 16.9 Å². The third kappa shape index (κ3) is 34.3. The van der Waals surface area contributed by atoms with Crippen molar-refractivity contribution in [2.75, 3.05) is 171 Å². The first-order chi connectivity index (χ1) is 62.0. The van der Waals surface area contributed by atoms with Gasteiger partial charge in [-0.1, -0.05) is 70.2 Å². The first-order valence-corrected chi connectivity index (χ1v) is 47.0. The summed E-state index contributed by atoms with van der Waals surface area (Å²) in [6.45, 7) is 19.0. The highest BCUT2D eigenvalue weighted by Crippen LogP contribution is 2.39. The van der Waals surface area contributed by atoms with Crippen LogP contribution < -0.4 is 26.8 Å². The van der Waals surface area contributed by atoms with E-state index in [1.165, 1.54) is 31.1 Å². The van der Waals surface area contributed by atoms with Gasteiger partial charge >= 0.3 is 5.97 Å². The number of cyclic esters (lactones) is 1. The number of aromatic nitrogens is 1. The number of amides is 3. The van der Waals surface area contributed by atoms with Crippen LogP contribution in [-0.4, -0.2) is 307 Å². The van der Waals surface area contributed by atoms with E-state index in [1.54, 1.807) is 58.2 Å². The van der Waals surface area contributed by atoms with Gasteiger partial charge < -0.3 is 123 Å². The second kappa shape index (κ2) is 56.6. The molecule has 32 nitrogen and oxygen atoms in total. The minimum Gasteiger partial charge on any atom is -0.611 e. The lowest BCUT2D eigenvalue weighted by atomic mass is 9.80. The lowest BCUT2D eigenvalue weighted by Crippen LogP contribution is -2.61. The number of esters is 1. The molecular formula is C94H140FN7O25S2. The number of fused-ring (bicyclic) bond motifs is 4. The summed E-state index contributed by atoms with van der Waals surface area (Å²) < 4.78 is 117. The molecule has 2 saturated heterocycles. The van der Waals surface area contributed by atoms with Crippen molar-refractivity contribution < 1.29 is 124 Å². The minimum absolute atomic E-state index is 0.0279. The Labute approximate surface area is 767 Å². The summed E-state index contributed by atoms with van der Waals surface area (Å²) in [5.74, 6) is -8.25. The number of methoxy groups -OCH3 is 3. The molecule has 9 N–H and O–H groups in total. The quantitative estimate of drug-likeness (QED) is 0.00705. The zero-order valence-electron chi connectivity index (χ0n) is 76.7. The molecule has 1 unspecified atom stereocenters. The van der Waals surface area contributed by atoms with E-state index in [2.05, 4.69) is 15.6 Å². The van der Waals surface area contributed by atoms with Gasteiger partial charge in [-0.15, -0.1) is 0 Å². The average molecular weight is 1850 g/mol. The normalized spacial score (nSPS) is 27.4. The fraction of sp³-hybridized carbons (Fsp3) is 0.660. The summed E-state index contributed by atoms with van der Waals surface area (Å²) in [5.41, 5.74) is 16.9. The van der Waals surface area contributed by atoms with Gasteiger partial charge in [-0.2, -0.15) is 0 Å². The van der Waals surface area contributed by atoms with Crippen molar-refractivity contribution in [2.24, 2.45) is 35.3 Å². The van der Waals surface area contributed by atoms with E-state index in [0.29, 0.717) is 174 Å². The molecule has 720 valence electrons. The van der Waals surface area contributed by atoms with E-state index in [1.807, 2.05) is 75.4 Å². The third-order valence-electron chi connectivity index (χ3n) is 24.2. The fourth-order valence-corrected chi connectivity index (χ4v) is 17.8. The monoisotopic (exact) mass is 1850 g/mol. The number of allylic oxidation sites excluding steroid dienone is 5. The van der Waals surface area contributed by atoms with E-state index in [0.717, 1.165) is 22.3 Å². The van der Waals surface area contributed by atoms with Crippen molar-refractivity contribution >= 4 is 69.6 Å². The Bertz CT molecular complexity index is 4110. The zero-order valence-corrected chi connectivity index (χ0v) is 78.3. The fourth-order valence-electron chi connectivity index (χ4n) is 16.5. The number of anilines is 1. The predicted molar refractivity (Wildman–Crippen MR) is 485 cm³/mol. The maximum Gasteiger partial charge on any atom is 0.329 e. The third-order valence-corrected chi connectivity index (χ3v) is 25.8. The van der Waals surface area contributed by atoms with Crippen molar-refractivity contribution in [1.82, 2.24) is 25.4 Å². The van der Waals surface area contributed by atoms with Crippen molar-refractivity contribution in [1.29, 1.82) is 0 Å². The molecule has 1 saturated carbocycles. The number of rotatable bonds is 40. The number of aliphatic hydroxyl groups is 3. The van der Waals surface area contributed by atoms with E-state index in [-0.39, 0.29) is 134 Å². The van der Waals surface area contributed by atoms with Gasteiger partial charge in [0.2, 0.25) is 11.7 Å². The Morgan fingerprint density at radius 2 is 1.35 bits per heavy atom. The standard InChI is InChI=1S/C94H140FN7O25S2/c1-61-16-12-11-13-17-62(2)78(113-8)57-72-23-19-66(6)94(111,127-72)89(107)91(109)102-32-15-14-18-75(102)92(110)125-80(58-79(114-9)63(3)53-65(5)87(105)88(106)86(104)64(4)52-61)74(96)54-68-20-25-77(81(55-68)115-10)126-93(128)99-30-35-117-38-40-119-42-44-121-46-48-123-50-49-122-47-45-120-43-41-118-39-37-116-34-29-84(103)98-31-51-129(112)82-27-24-73(67(7)85(82)95)90(108)101-33-36-124-76-26-21-69(56-71(76)60-101)70-22-28-83(97)100-59-70/h11-13,16-17,21-22,24,26-28,53,56,59,61,63-64,66,68,72,74-75,77-81,87-88,105-106,111H,14-15,18-20,23,25,29-52,54-55,57-58,60,96H2,1-10H3,(H2,97,100)(H,98,103)(H,99,128)/b13-11+,16-12+,62-17+,65-53+/t61-,63-,64-,66-,68+,72+,74-,75+,77-,78+,79-,80+,81-,87-,88+,94-,129?/m1/s1. The number of piperidine rings is 1. The van der Waals surface area contributed by atoms with Crippen LogP contribution >= 0.6 is 12.2 Å². The number of halogens is 1. The SMILES string of the molecule is CO[C@H]1C[C@@H]2CC[C@@H](C)[C@@](O)(O2)C(=O)C(=O)N2CCCC[C@H]2C(=O)O[C@H]([C@H](N)C[C@@H]2CC[C@@H](OC(=S)NCCOCCOCCOCCOCCOCCOCCOCCOCCC(=O)NCC[S+]([O-])c3ccc(C(=O)N4CCOc5ccc(-c6ccc(N)nc6)cc5C4)c(C)c3F)[C@H](OC)C2)C[C@@H](OC)[C@H](C)/C=C(\C)[C@@H](O)[C@@H](O)C(=O)[C@H](C)C[C@H](C)/C=C/C=C/C=C/1C. The highest BCUT2D eigenvalue weighted by atomic mass is 32.2. The molecule has 3 amide bonds. The molecule has 0 spiro atoms. The predicted octanol–water partition coefficient (Wildman–Crippen LogP) is 8.14. The van der Waals surface area contributed by atoms with Crippen LogP contribution in [0.5, 0.6) is 5.75 Å². The first kappa shape index (κ1) is 107. The van der Waals surface area contributed by atoms with Crippen LogP contribution in [0.1, 0.15) is 146 Å². The summed E-state index contributed by atoms with van der Waals surface area (Å²) in [4.78, 5) is 90.7.